The summed E-state index contributed by atoms with van der Waals surface area (Å²) in [6.45, 7) is 2.96. The van der Waals surface area contributed by atoms with Gasteiger partial charge in [0.1, 0.15) is 0 Å². The minimum absolute atomic E-state index is 0. The summed E-state index contributed by atoms with van der Waals surface area (Å²) in [4.78, 5) is 6.89. The van der Waals surface area contributed by atoms with Gasteiger partial charge in [0.25, 0.3) is 0 Å². The van der Waals surface area contributed by atoms with E-state index in [9.17, 15) is 5.11 Å². The van der Waals surface area contributed by atoms with Crippen LogP contribution in [-0.4, -0.2) is 60.3 Å². The Morgan fingerprint density at radius 1 is 1.29 bits per heavy atom. The Morgan fingerprint density at radius 2 is 2.00 bits per heavy atom. The van der Waals surface area contributed by atoms with E-state index < -0.39 is 5.60 Å². The molecule has 0 bridgehead atoms. The van der Waals surface area contributed by atoms with Gasteiger partial charge in [0.2, 0.25) is 0 Å². The maximum atomic E-state index is 10.4. The highest BCUT2D eigenvalue weighted by atomic mass is 127. The number of aliphatic hydroxyl groups is 1. The monoisotopic (exact) mass is 408 g/mol. The number of nitrogens with one attached hydrogen (secondary N) is 2. The summed E-state index contributed by atoms with van der Waals surface area (Å²) in [5.41, 5.74) is -0.520. The molecule has 6 heteroatoms. The zero-order valence-electron chi connectivity index (χ0n) is 13.0. The van der Waals surface area contributed by atoms with Gasteiger partial charge in [-0.25, -0.2) is 0 Å². The van der Waals surface area contributed by atoms with E-state index in [2.05, 4.69) is 20.5 Å². The summed E-state index contributed by atoms with van der Waals surface area (Å²) in [5, 5.41) is 17.2. The molecule has 2 aliphatic carbocycles. The van der Waals surface area contributed by atoms with Crippen molar-refractivity contribution in [3.63, 3.8) is 0 Å². The van der Waals surface area contributed by atoms with Gasteiger partial charge in [-0.15, -0.1) is 24.0 Å². The van der Waals surface area contributed by atoms with Gasteiger partial charge in [-0.1, -0.05) is 12.8 Å². The van der Waals surface area contributed by atoms with E-state index in [1.54, 1.807) is 0 Å². The van der Waals surface area contributed by atoms with Crippen molar-refractivity contribution >= 4 is 29.9 Å². The average Bonchev–Trinajstić information content (AvgIpc) is 3.04. The molecule has 1 heterocycles. The molecular weight excluding hydrogens is 379 g/mol. The number of nitrogens with zero attached hydrogens (tertiary/aromatic N) is 2. The van der Waals surface area contributed by atoms with Crippen molar-refractivity contribution in [1.82, 2.24) is 15.5 Å². The average molecular weight is 408 g/mol. The highest BCUT2D eigenvalue weighted by molar-refractivity contribution is 14.0. The molecule has 0 aromatic rings. The standard InChI is InChI=1S/C15H28N4O.HI/c1-16-14(17-11-15(20)7-2-3-8-15)18-12-6-9-19(10-12)13-4-5-13;/h12-13,20H,2-11H2,1H3,(H2,16,17,18);1H. The Balaban J connectivity index is 0.00000161. The van der Waals surface area contributed by atoms with Crippen molar-refractivity contribution < 1.29 is 5.11 Å². The Morgan fingerprint density at radius 3 is 2.62 bits per heavy atom. The first-order valence-corrected chi connectivity index (χ1v) is 8.12. The predicted octanol–water partition coefficient (Wildman–Crippen LogP) is 1.31. The van der Waals surface area contributed by atoms with Crippen molar-refractivity contribution in [2.24, 2.45) is 4.99 Å². The van der Waals surface area contributed by atoms with Crippen LogP contribution in [0.5, 0.6) is 0 Å². The summed E-state index contributed by atoms with van der Waals surface area (Å²) in [7, 11) is 1.81. The number of likely N-dealkylation sites (tertiary alicyclic amines) is 1. The van der Waals surface area contributed by atoms with E-state index in [1.807, 2.05) is 7.05 Å². The summed E-state index contributed by atoms with van der Waals surface area (Å²) >= 11 is 0. The molecule has 0 radical (unpaired) electrons. The molecule has 0 amide bonds. The lowest BCUT2D eigenvalue weighted by Gasteiger charge is -2.25. The number of guanidine groups is 1. The van der Waals surface area contributed by atoms with Gasteiger partial charge in [0.15, 0.2) is 5.96 Å². The summed E-state index contributed by atoms with van der Waals surface area (Å²) in [6.07, 6.45) is 8.07. The molecule has 3 rings (SSSR count). The van der Waals surface area contributed by atoms with Crippen LogP contribution in [0.15, 0.2) is 4.99 Å². The molecule has 0 aromatic carbocycles. The molecule has 1 saturated heterocycles. The lowest BCUT2D eigenvalue weighted by atomic mass is 10.0. The van der Waals surface area contributed by atoms with E-state index in [-0.39, 0.29) is 24.0 Å². The van der Waals surface area contributed by atoms with Gasteiger partial charge in [0, 0.05) is 38.8 Å². The van der Waals surface area contributed by atoms with E-state index in [1.165, 1.54) is 25.8 Å². The predicted molar refractivity (Wildman–Crippen MR) is 96.3 cm³/mol. The zero-order valence-corrected chi connectivity index (χ0v) is 15.3. The van der Waals surface area contributed by atoms with E-state index >= 15 is 0 Å². The molecule has 5 nitrogen and oxygen atoms in total. The Kier molecular flexibility index (Phi) is 6.14. The van der Waals surface area contributed by atoms with Crippen LogP contribution in [0, 0.1) is 0 Å². The fourth-order valence-electron chi connectivity index (χ4n) is 3.52. The van der Waals surface area contributed by atoms with E-state index in [0.717, 1.165) is 44.2 Å². The van der Waals surface area contributed by atoms with E-state index in [0.29, 0.717) is 12.6 Å². The van der Waals surface area contributed by atoms with Crippen molar-refractivity contribution in [3.8, 4) is 0 Å². The number of hydrogen-bond acceptors (Lipinski definition) is 3. The summed E-state index contributed by atoms with van der Waals surface area (Å²) < 4.78 is 0. The number of aliphatic imine (C=N–C) groups is 1. The highest BCUT2D eigenvalue weighted by Gasteiger charge is 2.35. The minimum Gasteiger partial charge on any atom is -0.388 e. The minimum atomic E-state index is -0.520. The maximum absolute atomic E-state index is 10.4. The summed E-state index contributed by atoms with van der Waals surface area (Å²) in [6, 6.07) is 1.36. The largest absolute Gasteiger partial charge is 0.388 e. The second-order valence-corrected chi connectivity index (χ2v) is 6.71. The molecule has 1 aliphatic heterocycles. The van der Waals surface area contributed by atoms with Crippen LogP contribution in [0.1, 0.15) is 44.9 Å². The topological polar surface area (TPSA) is 59.9 Å². The van der Waals surface area contributed by atoms with Crippen LogP contribution in [-0.2, 0) is 0 Å². The van der Waals surface area contributed by atoms with Crippen LogP contribution >= 0.6 is 24.0 Å². The quantitative estimate of drug-likeness (QED) is 0.373. The lowest BCUT2D eigenvalue weighted by molar-refractivity contribution is 0.0521. The summed E-state index contributed by atoms with van der Waals surface area (Å²) in [5.74, 6) is 0.841. The number of hydrogen-bond donors (Lipinski definition) is 3. The van der Waals surface area contributed by atoms with Gasteiger partial charge in [-0.05, 0) is 32.1 Å². The third-order valence-corrected chi connectivity index (χ3v) is 4.97. The second kappa shape index (κ2) is 7.46. The fraction of sp³-hybridized carbons (Fsp3) is 0.933. The molecule has 1 atom stereocenters. The fourth-order valence-corrected chi connectivity index (χ4v) is 3.52. The first kappa shape index (κ1) is 17.3. The van der Waals surface area contributed by atoms with Crippen LogP contribution < -0.4 is 10.6 Å². The molecule has 21 heavy (non-hydrogen) atoms. The molecule has 1 unspecified atom stereocenters. The highest BCUT2D eigenvalue weighted by Crippen LogP contribution is 2.30. The molecule has 2 saturated carbocycles. The lowest BCUT2D eigenvalue weighted by Crippen LogP contribution is -2.49. The molecule has 122 valence electrons. The van der Waals surface area contributed by atoms with Crippen molar-refractivity contribution in [2.45, 2.75) is 62.6 Å². The first-order valence-electron chi connectivity index (χ1n) is 8.12. The smallest absolute Gasteiger partial charge is 0.191 e. The van der Waals surface area contributed by atoms with Gasteiger partial charge in [0.05, 0.1) is 5.60 Å². The zero-order chi connectivity index (χ0) is 14.0. The van der Waals surface area contributed by atoms with Gasteiger partial charge < -0.3 is 15.7 Å². The third kappa shape index (κ3) is 4.69. The molecular formula is C15H29IN4O. The Labute approximate surface area is 145 Å². The second-order valence-electron chi connectivity index (χ2n) is 6.71. The SMILES string of the molecule is CN=C(NCC1(O)CCCC1)NC1CCN(C2CC2)C1.I. The van der Waals surface area contributed by atoms with Crippen LogP contribution in [0.3, 0.4) is 0 Å². The molecule has 3 aliphatic rings. The maximum Gasteiger partial charge on any atom is 0.191 e. The van der Waals surface area contributed by atoms with Gasteiger partial charge >= 0.3 is 0 Å². The number of halogens is 1. The molecule has 0 spiro atoms. The normalized spacial score (nSPS) is 29.2. The van der Waals surface area contributed by atoms with Crippen LogP contribution in [0.2, 0.25) is 0 Å². The van der Waals surface area contributed by atoms with E-state index in [4.69, 9.17) is 0 Å². The Bertz CT molecular complexity index is 367. The third-order valence-electron chi connectivity index (χ3n) is 4.97. The molecule has 0 aromatic heterocycles. The molecule has 3 N–H and O–H groups in total. The van der Waals surface area contributed by atoms with Gasteiger partial charge in [-0.2, -0.15) is 0 Å². The van der Waals surface area contributed by atoms with Crippen molar-refractivity contribution in [2.75, 3.05) is 26.7 Å². The first-order chi connectivity index (χ1) is 9.68. The Hall–Kier alpha value is -0.0800. The van der Waals surface area contributed by atoms with Crippen LogP contribution in [0.4, 0.5) is 0 Å². The van der Waals surface area contributed by atoms with Crippen molar-refractivity contribution in [1.29, 1.82) is 0 Å². The number of rotatable bonds is 4. The molecule has 3 fully saturated rings. The van der Waals surface area contributed by atoms with Gasteiger partial charge in [-0.3, -0.25) is 9.89 Å². The van der Waals surface area contributed by atoms with Crippen molar-refractivity contribution in [3.05, 3.63) is 0 Å². The van der Waals surface area contributed by atoms with Crippen LogP contribution in [0.25, 0.3) is 0 Å².